The number of anilines is 4. The monoisotopic (exact) mass is 1020 g/mol. The van der Waals surface area contributed by atoms with Crippen molar-refractivity contribution in [2.24, 2.45) is 0 Å². The van der Waals surface area contributed by atoms with Crippen LogP contribution >= 0.6 is 11.6 Å². The molecular weight excluding hydrogens is 952 g/mol. The number of methoxy groups -OCH3 is 1. The zero-order chi connectivity index (χ0) is 52.0. The summed E-state index contributed by atoms with van der Waals surface area (Å²) in [6, 6.07) is 9.69. The number of ketones is 2. The van der Waals surface area contributed by atoms with Crippen LogP contribution in [0.4, 0.5) is 23.1 Å². The van der Waals surface area contributed by atoms with Gasteiger partial charge in [0.15, 0.2) is 30.3 Å². The molecule has 18 heteroatoms. The number of imide groups is 1. The molecule has 0 spiro atoms. The van der Waals surface area contributed by atoms with Crippen LogP contribution in [0.1, 0.15) is 168 Å². The van der Waals surface area contributed by atoms with E-state index in [1.165, 1.54) is 71.6 Å². The van der Waals surface area contributed by atoms with Crippen LogP contribution in [0.5, 0.6) is 5.75 Å². The van der Waals surface area contributed by atoms with Crippen molar-refractivity contribution in [1.82, 2.24) is 25.5 Å². The number of unbranched alkanes of at least 4 members (excludes halogenated alkanes) is 13. The minimum atomic E-state index is -0.881. The number of piperidine rings is 1. The second-order valence-electron chi connectivity index (χ2n) is 19.2. The van der Waals surface area contributed by atoms with Gasteiger partial charge in [0.2, 0.25) is 11.9 Å². The predicted molar refractivity (Wildman–Crippen MR) is 282 cm³/mol. The molecule has 1 unspecified atom stereocenters. The van der Waals surface area contributed by atoms with Crippen LogP contribution in [0.2, 0.25) is 5.02 Å². The van der Waals surface area contributed by atoms with Crippen LogP contribution in [0.15, 0.2) is 48.4 Å². The fourth-order valence-electron chi connectivity index (χ4n) is 9.62. The van der Waals surface area contributed by atoms with E-state index in [4.69, 9.17) is 26.1 Å². The van der Waals surface area contributed by atoms with Crippen molar-refractivity contribution in [1.29, 1.82) is 0 Å². The minimum Gasteiger partial charge on any atom is -0.497 e. The number of aromatic nitrogens is 2. The van der Waals surface area contributed by atoms with Crippen LogP contribution in [-0.4, -0.2) is 109 Å². The zero-order valence-corrected chi connectivity index (χ0v) is 43.3. The van der Waals surface area contributed by atoms with Crippen LogP contribution in [0.25, 0.3) is 6.08 Å². The van der Waals surface area contributed by atoms with Gasteiger partial charge in [-0.2, -0.15) is 4.98 Å². The van der Waals surface area contributed by atoms with E-state index in [0.717, 1.165) is 56.3 Å². The number of ether oxygens (including phenoxy) is 2. The lowest BCUT2D eigenvalue weighted by Gasteiger charge is -2.32. The number of rotatable bonds is 29. The quantitative estimate of drug-likeness (QED) is 0.0168. The maximum atomic E-state index is 13.5. The first-order valence-corrected chi connectivity index (χ1v) is 26.7. The number of hydrogen-bond donors (Lipinski definition) is 4. The van der Waals surface area contributed by atoms with Gasteiger partial charge in [0.1, 0.15) is 16.6 Å². The molecule has 1 saturated carbocycles. The highest BCUT2D eigenvalue weighted by Crippen LogP contribution is 2.34. The standard InChI is InChI=1S/C55H73ClN8O9/c1-57-50(69)37-73-43(36-65)33-38-31-40(34-42(32-38)72-2)61-52-45(56)35-59-55(62-52)63-29-26-39(27-30-63)60-49(68)23-15-13-11-9-7-5-3-4-6-8-10-12-14-16-28-58-46-21-18-20-44-51(46)54(71)64(53(44)70)47-25-24-41(66)19-17-22-48(47)67/h18,20-21,31-36,39,47,58H,3-17,19,22-30,37H2,1-2H3,(H,57,69)(H,60,68)(H,59,61,62)/b43-33+. The lowest BCUT2D eigenvalue weighted by atomic mass is 9.94. The number of carbonyl (C=O) groups excluding carboxylic acids is 7. The summed E-state index contributed by atoms with van der Waals surface area (Å²) in [6.45, 7) is 1.75. The van der Waals surface area contributed by atoms with E-state index in [9.17, 15) is 33.6 Å². The van der Waals surface area contributed by atoms with Gasteiger partial charge in [0, 0.05) is 75.8 Å². The topological polar surface area (TPSA) is 218 Å². The summed E-state index contributed by atoms with van der Waals surface area (Å²) >= 11 is 6.52. The number of Topliss-reactive ketones (excluding diaryl/α,β-unsaturated/α-hetero) is 2. The summed E-state index contributed by atoms with van der Waals surface area (Å²) in [4.78, 5) is 100. The van der Waals surface area contributed by atoms with Crippen molar-refractivity contribution >= 4 is 82.3 Å². The number of aldehydes is 1. The van der Waals surface area contributed by atoms with E-state index in [1.807, 2.05) is 6.07 Å². The Morgan fingerprint density at radius 2 is 1.51 bits per heavy atom. The Morgan fingerprint density at radius 3 is 2.18 bits per heavy atom. The number of carbonyl (C=O) groups is 7. The summed E-state index contributed by atoms with van der Waals surface area (Å²) in [5, 5.41) is 12.6. The molecule has 1 aliphatic carbocycles. The molecule has 73 heavy (non-hydrogen) atoms. The number of halogens is 1. The van der Waals surface area contributed by atoms with Gasteiger partial charge in [-0.3, -0.25) is 38.5 Å². The molecule has 2 fully saturated rings. The van der Waals surface area contributed by atoms with E-state index in [0.29, 0.717) is 95.8 Å². The van der Waals surface area contributed by atoms with Gasteiger partial charge < -0.3 is 35.6 Å². The van der Waals surface area contributed by atoms with E-state index >= 15 is 0 Å². The number of likely N-dealkylation sites (N-methyl/N-ethyl adjacent to an activating group) is 1. The molecule has 6 rings (SSSR count). The maximum Gasteiger partial charge on any atom is 0.264 e. The molecule has 394 valence electrons. The van der Waals surface area contributed by atoms with Gasteiger partial charge in [0.25, 0.3) is 17.7 Å². The summed E-state index contributed by atoms with van der Waals surface area (Å²) in [6.07, 6.45) is 23.3. The maximum absolute atomic E-state index is 13.5. The van der Waals surface area contributed by atoms with Crippen LogP contribution in [0.3, 0.4) is 0 Å². The number of amides is 4. The highest BCUT2D eigenvalue weighted by molar-refractivity contribution is 6.33. The molecule has 17 nitrogen and oxygen atoms in total. The number of nitrogens with one attached hydrogen (secondary N) is 4. The molecule has 2 aromatic carbocycles. The number of allylic oxidation sites excluding steroid dienone is 1. The first kappa shape index (κ1) is 55.9. The molecule has 3 aliphatic rings. The lowest BCUT2D eigenvalue weighted by Crippen LogP contribution is -2.45. The first-order chi connectivity index (χ1) is 35.5. The van der Waals surface area contributed by atoms with Gasteiger partial charge in [0.05, 0.1) is 30.5 Å². The Hall–Kier alpha value is -6.36. The number of hydrogen-bond acceptors (Lipinski definition) is 14. The summed E-state index contributed by atoms with van der Waals surface area (Å²) < 4.78 is 10.8. The smallest absolute Gasteiger partial charge is 0.264 e. The largest absolute Gasteiger partial charge is 0.497 e. The van der Waals surface area contributed by atoms with E-state index in [-0.39, 0.29) is 61.1 Å². The molecule has 1 aromatic heterocycles. The molecule has 0 radical (unpaired) electrons. The van der Waals surface area contributed by atoms with Crippen molar-refractivity contribution < 1.29 is 43.0 Å². The van der Waals surface area contributed by atoms with Gasteiger partial charge >= 0.3 is 0 Å². The van der Waals surface area contributed by atoms with E-state index in [1.54, 1.807) is 36.5 Å². The number of nitrogens with zero attached hydrogens (tertiary/aromatic N) is 4. The summed E-state index contributed by atoms with van der Waals surface area (Å²) in [7, 11) is 3.01. The molecule has 4 amide bonds. The average molecular weight is 1030 g/mol. The molecule has 1 atom stereocenters. The van der Waals surface area contributed by atoms with Crippen molar-refractivity contribution in [3.8, 4) is 5.75 Å². The van der Waals surface area contributed by atoms with Crippen LogP contribution in [0, 0.1) is 0 Å². The molecule has 3 aromatic rings. The average Bonchev–Trinajstić information content (AvgIpc) is 3.64. The molecule has 3 heterocycles. The van der Waals surface area contributed by atoms with E-state index in [2.05, 4.69) is 31.2 Å². The molecule has 1 saturated heterocycles. The Kier molecular flexibility index (Phi) is 22.5. The fraction of sp³-hybridized carbons (Fsp3) is 0.545. The molecule has 0 bridgehead atoms. The SMILES string of the molecule is CNC(=O)CO/C(C=O)=C/c1cc(Nc2nc(N3CCC(NC(=O)CCCCCCCCCCCCCCCCNc4cccc5c4C(=O)N(C4CCC(=O)CCCC4=O)C5=O)CC3)ncc2Cl)cc(OC)c1. The van der Waals surface area contributed by atoms with Gasteiger partial charge in [-0.1, -0.05) is 94.7 Å². The Labute approximate surface area is 434 Å². The number of fused-ring (bicyclic) bond motifs is 1. The predicted octanol–water partition coefficient (Wildman–Crippen LogP) is 9.30. The van der Waals surface area contributed by atoms with Gasteiger partial charge in [-0.05, 0) is 74.4 Å². The first-order valence-electron chi connectivity index (χ1n) is 26.3. The minimum absolute atomic E-state index is 0.0203. The fourth-order valence-corrected chi connectivity index (χ4v) is 9.76. The molecule has 2 aliphatic heterocycles. The lowest BCUT2D eigenvalue weighted by molar-refractivity contribution is -0.126. The van der Waals surface area contributed by atoms with Crippen molar-refractivity contribution in [3.05, 3.63) is 70.1 Å². The Morgan fingerprint density at radius 1 is 0.822 bits per heavy atom. The van der Waals surface area contributed by atoms with Gasteiger partial charge in [-0.25, -0.2) is 4.98 Å². The number of benzene rings is 2. The summed E-state index contributed by atoms with van der Waals surface area (Å²) in [5.41, 5.74) is 2.46. The third-order valence-electron chi connectivity index (χ3n) is 13.7. The van der Waals surface area contributed by atoms with Crippen molar-refractivity contribution in [2.75, 3.05) is 55.9 Å². The van der Waals surface area contributed by atoms with Crippen molar-refractivity contribution in [3.63, 3.8) is 0 Å². The molecule has 4 N–H and O–H groups in total. The third-order valence-corrected chi connectivity index (χ3v) is 14.0. The zero-order valence-electron chi connectivity index (χ0n) is 42.6. The Bertz CT molecular complexity index is 2420. The highest BCUT2D eigenvalue weighted by atomic mass is 35.5. The second kappa shape index (κ2) is 29.4. The third kappa shape index (κ3) is 17.1. The normalized spacial score (nSPS) is 16.4. The second-order valence-corrected chi connectivity index (χ2v) is 19.6. The van der Waals surface area contributed by atoms with Crippen molar-refractivity contribution in [2.45, 2.75) is 153 Å². The van der Waals surface area contributed by atoms with Crippen LogP contribution in [-0.2, 0) is 28.7 Å². The van der Waals surface area contributed by atoms with Gasteiger partial charge in [-0.15, -0.1) is 0 Å². The highest BCUT2D eigenvalue weighted by Gasteiger charge is 2.44. The van der Waals surface area contributed by atoms with E-state index < -0.39 is 17.9 Å². The molecular formula is C55H73ClN8O9. The summed E-state index contributed by atoms with van der Waals surface area (Å²) in [5.74, 6) is 0.177. The Balaban J connectivity index is 0.768. The van der Waals surface area contributed by atoms with Crippen LogP contribution < -0.4 is 30.9 Å².